The van der Waals surface area contributed by atoms with Crippen molar-refractivity contribution in [3.05, 3.63) is 164 Å². The van der Waals surface area contributed by atoms with Crippen LogP contribution in [0.5, 0.6) is 0 Å². The third-order valence-corrected chi connectivity index (χ3v) is 9.46. The van der Waals surface area contributed by atoms with Gasteiger partial charge in [-0.05, 0) is 59.7 Å². The molecule has 0 aliphatic carbocycles. The molecule has 0 bridgehead atoms. The molecular formula is C43H27N5. The highest BCUT2D eigenvalue weighted by atomic mass is 15.1. The van der Waals surface area contributed by atoms with Gasteiger partial charge in [0, 0.05) is 56.5 Å². The Morgan fingerprint density at radius 1 is 0.396 bits per heavy atom. The Balaban J connectivity index is 1.31. The largest absolute Gasteiger partial charge is 0.293 e. The summed E-state index contributed by atoms with van der Waals surface area (Å²) in [6, 6.07) is 51.4. The third kappa shape index (κ3) is 3.94. The van der Waals surface area contributed by atoms with Crippen molar-refractivity contribution in [2.45, 2.75) is 0 Å². The first-order valence-electron chi connectivity index (χ1n) is 16.1. The van der Waals surface area contributed by atoms with Gasteiger partial charge < -0.3 is 0 Å². The van der Waals surface area contributed by atoms with Crippen LogP contribution in [-0.2, 0) is 0 Å². The molecule has 10 aromatic rings. The van der Waals surface area contributed by atoms with E-state index < -0.39 is 0 Å². The van der Waals surface area contributed by atoms with Crippen molar-refractivity contribution in [1.82, 2.24) is 24.1 Å². The maximum absolute atomic E-state index is 5.20. The number of aromatic nitrogens is 5. The average Bonchev–Trinajstić information content (AvgIpc) is 3.69. The minimum absolute atomic E-state index is 0.868. The van der Waals surface area contributed by atoms with Crippen molar-refractivity contribution < 1.29 is 0 Å². The number of rotatable bonds is 4. The molecule has 10 rings (SSSR count). The summed E-state index contributed by atoms with van der Waals surface area (Å²) in [6.45, 7) is 0. The lowest BCUT2D eigenvalue weighted by Crippen LogP contribution is -2.00. The Morgan fingerprint density at radius 2 is 1.00 bits per heavy atom. The average molecular weight is 614 g/mol. The van der Waals surface area contributed by atoms with Crippen LogP contribution in [0.1, 0.15) is 0 Å². The summed E-state index contributed by atoms with van der Waals surface area (Å²) in [5, 5.41) is 7.11. The molecule has 0 aliphatic rings. The van der Waals surface area contributed by atoms with Crippen LogP contribution in [0.2, 0.25) is 0 Å². The lowest BCUT2D eigenvalue weighted by atomic mass is 10.0. The Morgan fingerprint density at radius 3 is 1.67 bits per heavy atom. The SMILES string of the molecule is c1ccc(-c2ccnc(-n3c4ccccc4c4ccc5c(ccc6c7ccccc7n(-c7cccc(-c8cccnc8)n7)c65)c43)c2)cc1. The molecular weight excluding hydrogens is 587 g/mol. The van der Waals surface area contributed by atoms with Crippen LogP contribution in [0, 0.1) is 0 Å². The number of hydrogen-bond donors (Lipinski definition) is 0. The molecule has 5 nitrogen and oxygen atoms in total. The fraction of sp³-hybridized carbons (Fsp3) is 0. The quantitative estimate of drug-likeness (QED) is 0.198. The number of benzene rings is 5. The standard InChI is InChI=1S/C43H27N5/c1-2-10-28(11-3-1)29-23-25-45-41(26-29)48-39-17-7-5-14-32(39)34-20-21-35-36(43(34)48)22-19-33-31-13-4-6-16-38(31)47(42(33)35)40-18-8-15-37(46-40)30-12-9-24-44-27-30/h1-27H. The second kappa shape index (κ2) is 10.5. The van der Waals surface area contributed by atoms with Gasteiger partial charge in [0.05, 0.1) is 27.8 Å². The zero-order chi connectivity index (χ0) is 31.6. The zero-order valence-electron chi connectivity index (χ0n) is 25.8. The lowest BCUT2D eigenvalue weighted by molar-refractivity contribution is 1.08. The van der Waals surface area contributed by atoms with E-state index in [4.69, 9.17) is 9.97 Å². The molecule has 5 heterocycles. The molecule has 5 aromatic heterocycles. The molecule has 224 valence electrons. The summed E-state index contributed by atoms with van der Waals surface area (Å²) in [7, 11) is 0. The first-order valence-corrected chi connectivity index (χ1v) is 16.1. The molecule has 0 aliphatic heterocycles. The molecule has 0 N–H and O–H groups in total. The van der Waals surface area contributed by atoms with Crippen LogP contribution >= 0.6 is 0 Å². The summed E-state index contributed by atoms with van der Waals surface area (Å²) in [6.07, 6.45) is 5.57. The number of fused-ring (bicyclic) bond motifs is 9. The van der Waals surface area contributed by atoms with Crippen molar-refractivity contribution in [1.29, 1.82) is 0 Å². The smallest absolute Gasteiger partial charge is 0.138 e. The van der Waals surface area contributed by atoms with E-state index in [0.717, 1.165) is 61.3 Å². The highest BCUT2D eigenvalue weighted by Crippen LogP contribution is 2.42. The molecule has 0 saturated carbocycles. The fourth-order valence-electron chi connectivity index (χ4n) is 7.37. The van der Waals surface area contributed by atoms with E-state index in [1.165, 1.54) is 27.1 Å². The van der Waals surface area contributed by atoms with E-state index >= 15 is 0 Å². The second-order valence-corrected chi connectivity index (χ2v) is 12.1. The molecule has 0 atom stereocenters. The number of pyridine rings is 3. The first-order chi connectivity index (χ1) is 23.8. The maximum atomic E-state index is 5.20. The predicted octanol–water partition coefficient (Wildman–Crippen LogP) is 10.6. The highest BCUT2D eigenvalue weighted by molar-refractivity contribution is 6.26. The molecule has 0 unspecified atom stereocenters. The van der Waals surface area contributed by atoms with Gasteiger partial charge in [0.15, 0.2) is 0 Å². The monoisotopic (exact) mass is 613 g/mol. The van der Waals surface area contributed by atoms with Crippen molar-refractivity contribution in [3.8, 4) is 34.0 Å². The fourth-order valence-corrected chi connectivity index (χ4v) is 7.37. The first kappa shape index (κ1) is 26.6. The molecule has 48 heavy (non-hydrogen) atoms. The van der Waals surface area contributed by atoms with Crippen LogP contribution in [0.3, 0.4) is 0 Å². The van der Waals surface area contributed by atoms with E-state index in [9.17, 15) is 0 Å². The molecule has 5 heteroatoms. The number of para-hydroxylation sites is 2. The highest BCUT2D eigenvalue weighted by Gasteiger charge is 2.21. The van der Waals surface area contributed by atoms with Crippen LogP contribution in [0.25, 0.3) is 88.4 Å². The Hall–Kier alpha value is -6.59. The molecule has 0 amide bonds. The topological polar surface area (TPSA) is 48.5 Å². The van der Waals surface area contributed by atoms with Crippen LogP contribution in [0.4, 0.5) is 0 Å². The normalized spacial score (nSPS) is 11.8. The minimum Gasteiger partial charge on any atom is -0.293 e. The minimum atomic E-state index is 0.868. The third-order valence-electron chi connectivity index (χ3n) is 9.46. The molecule has 0 saturated heterocycles. The van der Waals surface area contributed by atoms with E-state index in [1.807, 2.05) is 24.5 Å². The van der Waals surface area contributed by atoms with Gasteiger partial charge in [0.2, 0.25) is 0 Å². The lowest BCUT2D eigenvalue weighted by Gasteiger charge is -2.13. The Bertz CT molecular complexity index is 2630. The molecule has 0 spiro atoms. The number of nitrogens with zero attached hydrogens (tertiary/aromatic N) is 5. The molecule has 0 radical (unpaired) electrons. The van der Waals surface area contributed by atoms with Crippen LogP contribution in [0.15, 0.2) is 164 Å². The van der Waals surface area contributed by atoms with Gasteiger partial charge in [-0.3, -0.25) is 14.1 Å². The van der Waals surface area contributed by atoms with Gasteiger partial charge in [-0.1, -0.05) is 97.1 Å². The van der Waals surface area contributed by atoms with Crippen molar-refractivity contribution in [2.24, 2.45) is 0 Å². The van der Waals surface area contributed by atoms with Crippen molar-refractivity contribution in [2.75, 3.05) is 0 Å². The molecule has 0 fully saturated rings. The van der Waals surface area contributed by atoms with Gasteiger partial charge in [-0.25, -0.2) is 9.97 Å². The summed E-state index contributed by atoms with van der Waals surface area (Å²) in [5.74, 6) is 1.76. The van der Waals surface area contributed by atoms with Gasteiger partial charge in [0.1, 0.15) is 11.6 Å². The van der Waals surface area contributed by atoms with E-state index in [2.05, 4.69) is 148 Å². The van der Waals surface area contributed by atoms with Crippen molar-refractivity contribution >= 4 is 54.4 Å². The van der Waals surface area contributed by atoms with Crippen LogP contribution < -0.4 is 0 Å². The van der Waals surface area contributed by atoms with Gasteiger partial charge in [0.25, 0.3) is 0 Å². The summed E-state index contributed by atoms with van der Waals surface area (Å²) < 4.78 is 4.65. The zero-order valence-corrected chi connectivity index (χ0v) is 25.8. The van der Waals surface area contributed by atoms with Crippen LogP contribution in [-0.4, -0.2) is 24.1 Å². The second-order valence-electron chi connectivity index (χ2n) is 12.1. The van der Waals surface area contributed by atoms with E-state index in [-0.39, 0.29) is 0 Å². The van der Waals surface area contributed by atoms with Gasteiger partial charge in [-0.15, -0.1) is 0 Å². The van der Waals surface area contributed by atoms with Gasteiger partial charge in [-0.2, -0.15) is 0 Å². The predicted molar refractivity (Wildman–Crippen MR) is 197 cm³/mol. The number of hydrogen-bond acceptors (Lipinski definition) is 3. The summed E-state index contributed by atoms with van der Waals surface area (Å²) in [5.41, 5.74) is 8.70. The molecule has 5 aromatic carbocycles. The van der Waals surface area contributed by atoms with E-state index in [0.29, 0.717) is 0 Å². The maximum Gasteiger partial charge on any atom is 0.138 e. The van der Waals surface area contributed by atoms with E-state index in [1.54, 1.807) is 6.20 Å². The Kier molecular flexibility index (Phi) is 5.81. The van der Waals surface area contributed by atoms with Crippen molar-refractivity contribution in [3.63, 3.8) is 0 Å². The van der Waals surface area contributed by atoms with Gasteiger partial charge >= 0.3 is 0 Å². The Labute approximate surface area is 276 Å². The summed E-state index contributed by atoms with van der Waals surface area (Å²) in [4.78, 5) is 14.5. The summed E-state index contributed by atoms with van der Waals surface area (Å²) >= 11 is 0.